The van der Waals surface area contributed by atoms with Crippen molar-refractivity contribution < 1.29 is 9.53 Å². The van der Waals surface area contributed by atoms with Gasteiger partial charge in [-0.05, 0) is 48.5 Å². The van der Waals surface area contributed by atoms with Gasteiger partial charge in [0.15, 0.2) is 11.2 Å². The van der Waals surface area contributed by atoms with E-state index in [9.17, 15) is 14.4 Å². The summed E-state index contributed by atoms with van der Waals surface area (Å²) in [5, 5.41) is 2.69. The molecule has 0 aliphatic rings. The number of hydrogen-bond donors (Lipinski definition) is 1. The molecule has 2 aromatic heterocycles. The maximum Gasteiger partial charge on any atom is 0.332 e. The average molecular weight is 484 g/mol. The second-order valence-electron chi connectivity index (χ2n) is 6.89. The van der Waals surface area contributed by atoms with Crippen molar-refractivity contribution in [2.24, 2.45) is 14.1 Å². The highest BCUT2D eigenvalue weighted by Crippen LogP contribution is 2.24. The second kappa shape index (κ2) is 8.23. The minimum Gasteiger partial charge on any atom is -0.457 e. The van der Waals surface area contributed by atoms with Gasteiger partial charge in [-0.1, -0.05) is 15.9 Å². The average Bonchev–Trinajstić information content (AvgIpc) is 3.14. The fourth-order valence-electron chi connectivity index (χ4n) is 3.12. The standard InChI is InChI=1S/C21H18BrN5O4/c1-25-12-23-19-18(25)20(29)27(21(30)26(19)2)11-17(28)24-14-5-9-16(10-6-14)31-15-7-3-13(22)4-8-15/h3-10,12H,11H2,1-2H3,(H,24,28). The molecule has 0 spiro atoms. The first-order valence-electron chi connectivity index (χ1n) is 9.27. The molecule has 0 aliphatic heterocycles. The summed E-state index contributed by atoms with van der Waals surface area (Å²) in [5.74, 6) is 0.787. The van der Waals surface area contributed by atoms with Gasteiger partial charge in [0, 0.05) is 24.3 Å². The molecule has 158 valence electrons. The smallest absolute Gasteiger partial charge is 0.332 e. The predicted molar refractivity (Wildman–Crippen MR) is 120 cm³/mol. The van der Waals surface area contributed by atoms with Crippen LogP contribution < -0.4 is 21.3 Å². The van der Waals surface area contributed by atoms with Crippen LogP contribution in [-0.4, -0.2) is 24.6 Å². The lowest BCUT2D eigenvalue weighted by Gasteiger charge is -2.10. The SMILES string of the molecule is Cn1cnc2c1c(=O)n(CC(=O)Nc1ccc(Oc3ccc(Br)cc3)cc1)c(=O)n2C. The van der Waals surface area contributed by atoms with Gasteiger partial charge in [-0.15, -0.1) is 0 Å². The molecule has 0 saturated heterocycles. The Morgan fingerprint density at radius 2 is 1.65 bits per heavy atom. The van der Waals surface area contributed by atoms with Crippen molar-refractivity contribution in [3.8, 4) is 11.5 Å². The molecule has 2 heterocycles. The number of nitrogens with zero attached hydrogens (tertiary/aromatic N) is 4. The van der Waals surface area contributed by atoms with E-state index in [1.807, 2.05) is 24.3 Å². The van der Waals surface area contributed by atoms with Crippen molar-refractivity contribution in [1.29, 1.82) is 0 Å². The van der Waals surface area contributed by atoms with Gasteiger partial charge >= 0.3 is 5.69 Å². The topological polar surface area (TPSA) is 100 Å². The summed E-state index contributed by atoms with van der Waals surface area (Å²) in [6, 6.07) is 14.2. The normalized spacial score (nSPS) is 10.9. The maximum absolute atomic E-state index is 12.7. The zero-order valence-electron chi connectivity index (χ0n) is 16.7. The van der Waals surface area contributed by atoms with Crippen molar-refractivity contribution in [3.63, 3.8) is 0 Å². The Hall–Kier alpha value is -3.66. The van der Waals surface area contributed by atoms with Gasteiger partial charge in [-0.2, -0.15) is 0 Å². The molecule has 0 unspecified atom stereocenters. The number of aryl methyl sites for hydroxylation is 2. The fourth-order valence-corrected chi connectivity index (χ4v) is 3.39. The van der Waals surface area contributed by atoms with Crippen molar-refractivity contribution in [2.45, 2.75) is 6.54 Å². The van der Waals surface area contributed by atoms with Crippen LogP contribution in [0.3, 0.4) is 0 Å². The molecule has 31 heavy (non-hydrogen) atoms. The van der Waals surface area contributed by atoms with E-state index >= 15 is 0 Å². The highest BCUT2D eigenvalue weighted by molar-refractivity contribution is 9.10. The lowest BCUT2D eigenvalue weighted by Crippen LogP contribution is -2.42. The summed E-state index contributed by atoms with van der Waals surface area (Å²) in [6.45, 7) is -0.413. The first-order valence-corrected chi connectivity index (χ1v) is 10.1. The van der Waals surface area contributed by atoms with E-state index in [1.165, 1.54) is 22.5 Å². The molecule has 0 saturated carbocycles. The number of aromatic nitrogens is 4. The number of benzene rings is 2. The molecule has 1 N–H and O–H groups in total. The predicted octanol–water partition coefficient (Wildman–Crippen LogP) is 2.63. The van der Waals surface area contributed by atoms with Gasteiger partial charge in [0.05, 0.1) is 6.33 Å². The summed E-state index contributed by atoms with van der Waals surface area (Å²) in [5.41, 5.74) is -0.129. The van der Waals surface area contributed by atoms with Crippen LogP contribution in [0.5, 0.6) is 11.5 Å². The van der Waals surface area contributed by atoms with Crippen LogP contribution in [0.15, 0.2) is 68.9 Å². The van der Waals surface area contributed by atoms with E-state index in [0.717, 1.165) is 9.04 Å². The van der Waals surface area contributed by atoms with Gasteiger partial charge in [-0.3, -0.25) is 14.2 Å². The van der Waals surface area contributed by atoms with E-state index in [2.05, 4.69) is 26.2 Å². The third-order valence-electron chi connectivity index (χ3n) is 4.69. The Bertz CT molecular complexity index is 1390. The number of imidazole rings is 1. The van der Waals surface area contributed by atoms with E-state index in [1.54, 1.807) is 31.3 Å². The Labute approximate surface area is 184 Å². The van der Waals surface area contributed by atoms with E-state index in [-0.39, 0.29) is 11.2 Å². The number of anilines is 1. The largest absolute Gasteiger partial charge is 0.457 e. The van der Waals surface area contributed by atoms with Crippen LogP contribution in [0.2, 0.25) is 0 Å². The van der Waals surface area contributed by atoms with Crippen LogP contribution in [0, 0.1) is 0 Å². The fraction of sp³-hybridized carbons (Fsp3) is 0.143. The molecular formula is C21H18BrN5O4. The number of nitrogens with one attached hydrogen (secondary N) is 1. The summed E-state index contributed by atoms with van der Waals surface area (Å²) in [7, 11) is 3.17. The second-order valence-corrected chi connectivity index (χ2v) is 7.80. The van der Waals surface area contributed by atoms with Crippen LogP contribution in [0.1, 0.15) is 0 Å². The van der Waals surface area contributed by atoms with Crippen LogP contribution in [0.4, 0.5) is 5.69 Å². The monoisotopic (exact) mass is 483 g/mol. The highest BCUT2D eigenvalue weighted by Gasteiger charge is 2.17. The molecule has 10 heteroatoms. The van der Waals surface area contributed by atoms with Gasteiger partial charge in [0.2, 0.25) is 5.91 Å². The summed E-state index contributed by atoms with van der Waals surface area (Å²) in [6.07, 6.45) is 1.45. The van der Waals surface area contributed by atoms with Gasteiger partial charge in [0.1, 0.15) is 18.0 Å². The third-order valence-corrected chi connectivity index (χ3v) is 5.22. The van der Waals surface area contributed by atoms with Crippen molar-refractivity contribution in [2.75, 3.05) is 5.32 Å². The van der Waals surface area contributed by atoms with E-state index < -0.39 is 23.7 Å². The van der Waals surface area contributed by atoms with Crippen molar-refractivity contribution >= 4 is 38.7 Å². The number of ether oxygens (including phenoxy) is 1. The molecule has 0 radical (unpaired) electrons. The van der Waals surface area contributed by atoms with Crippen LogP contribution in [-0.2, 0) is 25.4 Å². The number of rotatable bonds is 5. The minimum absolute atomic E-state index is 0.254. The number of carbonyl (C=O) groups excluding carboxylic acids is 1. The first kappa shape index (κ1) is 20.6. The minimum atomic E-state index is -0.607. The Morgan fingerprint density at radius 3 is 2.29 bits per heavy atom. The Balaban J connectivity index is 1.49. The highest BCUT2D eigenvalue weighted by atomic mass is 79.9. The molecule has 2 aromatic carbocycles. The maximum atomic E-state index is 12.7. The zero-order chi connectivity index (χ0) is 22.1. The van der Waals surface area contributed by atoms with Gasteiger partial charge in [0.25, 0.3) is 5.56 Å². The molecule has 9 nitrogen and oxygen atoms in total. The molecule has 4 aromatic rings. The molecule has 0 bridgehead atoms. The van der Waals surface area contributed by atoms with E-state index in [0.29, 0.717) is 17.2 Å². The number of halogens is 1. The number of carbonyl (C=O) groups is 1. The quantitative estimate of drug-likeness (QED) is 0.470. The Morgan fingerprint density at radius 1 is 1.03 bits per heavy atom. The first-order chi connectivity index (χ1) is 14.8. The lowest BCUT2D eigenvalue weighted by atomic mass is 10.3. The molecule has 1 amide bonds. The van der Waals surface area contributed by atoms with E-state index in [4.69, 9.17) is 4.74 Å². The molecule has 0 atom stereocenters. The number of fused-ring (bicyclic) bond motifs is 1. The summed E-state index contributed by atoms with van der Waals surface area (Å²) in [4.78, 5) is 41.8. The van der Waals surface area contributed by atoms with Gasteiger partial charge in [-0.25, -0.2) is 14.3 Å². The van der Waals surface area contributed by atoms with Crippen LogP contribution in [0.25, 0.3) is 11.2 Å². The molecule has 0 fully saturated rings. The number of hydrogen-bond acceptors (Lipinski definition) is 5. The summed E-state index contributed by atoms with van der Waals surface area (Å²) >= 11 is 3.37. The third kappa shape index (κ3) is 4.15. The van der Waals surface area contributed by atoms with Crippen LogP contribution >= 0.6 is 15.9 Å². The number of amides is 1. The molecular weight excluding hydrogens is 466 g/mol. The van der Waals surface area contributed by atoms with Gasteiger partial charge < -0.3 is 14.6 Å². The molecule has 0 aliphatic carbocycles. The Kier molecular flexibility index (Phi) is 5.47. The summed E-state index contributed by atoms with van der Waals surface area (Å²) < 4.78 is 10.4. The zero-order valence-corrected chi connectivity index (χ0v) is 18.3. The van der Waals surface area contributed by atoms with Crippen molar-refractivity contribution in [1.82, 2.24) is 18.7 Å². The lowest BCUT2D eigenvalue weighted by molar-refractivity contribution is -0.116. The molecule has 4 rings (SSSR count). The van der Waals surface area contributed by atoms with Crippen molar-refractivity contribution in [3.05, 3.63) is 80.2 Å².